The zero-order chi connectivity index (χ0) is 13.1. The fraction of sp³-hybridized carbons (Fsp3) is 0.467. The van der Waals surface area contributed by atoms with Crippen LogP contribution in [0.4, 0.5) is 0 Å². The van der Waals surface area contributed by atoms with Crippen molar-refractivity contribution in [3.63, 3.8) is 0 Å². The molecule has 1 aromatic heterocycles. The SMILES string of the molecule is COC1CCCN1NCCc1c[nH]c2ccccc12. The Morgan fingerprint density at radius 1 is 1.42 bits per heavy atom. The minimum Gasteiger partial charge on any atom is -0.365 e. The molecule has 0 spiro atoms. The van der Waals surface area contributed by atoms with Crippen LogP contribution in [0.15, 0.2) is 30.5 Å². The van der Waals surface area contributed by atoms with E-state index >= 15 is 0 Å². The summed E-state index contributed by atoms with van der Waals surface area (Å²) in [6.45, 7) is 2.02. The number of hydrogen-bond donors (Lipinski definition) is 2. The number of aromatic amines is 1. The highest BCUT2D eigenvalue weighted by Gasteiger charge is 2.23. The van der Waals surface area contributed by atoms with E-state index in [0.717, 1.165) is 25.9 Å². The molecule has 1 aliphatic rings. The molecule has 0 bridgehead atoms. The van der Waals surface area contributed by atoms with Crippen molar-refractivity contribution >= 4 is 10.9 Å². The summed E-state index contributed by atoms with van der Waals surface area (Å²) < 4.78 is 5.44. The maximum Gasteiger partial charge on any atom is 0.122 e. The van der Waals surface area contributed by atoms with E-state index in [1.54, 1.807) is 7.11 Å². The highest BCUT2D eigenvalue weighted by atomic mass is 16.5. The molecule has 0 aliphatic carbocycles. The number of aromatic nitrogens is 1. The average Bonchev–Trinajstić information content (AvgIpc) is 3.06. The van der Waals surface area contributed by atoms with E-state index in [1.165, 1.54) is 22.9 Å². The van der Waals surface area contributed by atoms with E-state index in [-0.39, 0.29) is 6.23 Å². The van der Waals surface area contributed by atoms with Gasteiger partial charge in [0.2, 0.25) is 0 Å². The van der Waals surface area contributed by atoms with Gasteiger partial charge in [-0.05, 0) is 30.9 Å². The Balaban J connectivity index is 1.57. The number of ether oxygens (including phenoxy) is 1. The molecule has 3 rings (SSSR count). The Labute approximate surface area is 113 Å². The van der Waals surface area contributed by atoms with Crippen LogP contribution in [0.2, 0.25) is 0 Å². The summed E-state index contributed by atoms with van der Waals surface area (Å²) in [4.78, 5) is 3.32. The van der Waals surface area contributed by atoms with Crippen molar-refractivity contribution in [2.45, 2.75) is 25.5 Å². The van der Waals surface area contributed by atoms with E-state index in [4.69, 9.17) is 4.74 Å². The molecule has 1 unspecified atom stereocenters. The molecular weight excluding hydrogens is 238 g/mol. The van der Waals surface area contributed by atoms with Gasteiger partial charge in [-0.2, -0.15) is 0 Å². The summed E-state index contributed by atoms with van der Waals surface area (Å²) in [5.74, 6) is 0. The number of hydrazine groups is 1. The first-order chi connectivity index (χ1) is 9.38. The van der Waals surface area contributed by atoms with Crippen LogP contribution in [0.5, 0.6) is 0 Å². The third kappa shape index (κ3) is 2.66. The molecule has 2 aromatic rings. The first-order valence-corrected chi connectivity index (χ1v) is 6.96. The van der Waals surface area contributed by atoms with Crippen LogP contribution in [-0.4, -0.2) is 36.4 Å². The molecule has 19 heavy (non-hydrogen) atoms. The largest absolute Gasteiger partial charge is 0.365 e. The van der Waals surface area contributed by atoms with Gasteiger partial charge in [0, 0.05) is 37.3 Å². The number of H-pyrrole nitrogens is 1. The summed E-state index contributed by atoms with van der Waals surface area (Å²) in [7, 11) is 1.78. The smallest absolute Gasteiger partial charge is 0.122 e. The Morgan fingerprint density at radius 3 is 3.21 bits per heavy atom. The van der Waals surface area contributed by atoms with Crippen molar-refractivity contribution in [2.75, 3.05) is 20.2 Å². The molecule has 1 fully saturated rings. The van der Waals surface area contributed by atoms with Crippen molar-refractivity contribution in [3.8, 4) is 0 Å². The number of fused-ring (bicyclic) bond motifs is 1. The van der Waals surface area contributed by atoms with Crippen LogP contribution >= 0.6 is 0 Å². The van der Waals surface area contributed by atoms with E-state index in [1.807, 2.05) is 0 Å². The van der Waals surface area contributed by atoms with Crippen molar-refractivity contribution < 1.29 is 4.74 Å². The van der Waals surface area contributed by atoms with Gasteiger partial charge in [0.05, 0.1) is 0 Å². The second-order valence-corrected chi connectivity index (χ2v) is 5.04. The van der Waals surface area contributed by atoms with Crippen LogP contribution in [0, 0.1) is 0 Å². The summed E-state index contributed by atoms with van der Waals surface area (Å²) in [5.41, 5.74) is 6.07. The predicted octanol–water partition coefficient (Wildman–Crippen LogP) is 2.28. The molecule has 0 radical (unpaired) electrons. The van der Waals surface area contributed by atoms with Crippen LogP contribution in [0.3, 0.4) is 0 Å². The van der Waals surface area contributed by atoms with Gasteiger partial charge in [-0.15, -0.1) is 0 Å². The zero-order valence-electron chi connectivity index (χ0n) is 11.4. The molecule has 0 amide bonds. The third-order valence-electron chi connectivity index (χ3n) is 3.85. The zero-order valence-corrected chi connectivity index (χ0v) is 11.4. The number of nitrogens with zero attached hydrogens (tertiary/aromatic N) is 1. The minimum atomic E-state index is 0.239. The molecular formula is C15H21N3O. The number of benzene rings is 1. The van der Waals surface area contributed by atoms with E-state index in [2.05, 4.69) is 45.9 Å². The maximum absolute atomic E-state index is 5.44. The lowest BCUT2D eigenvalue weighted by Gasteiger charge is -2.23. The Morgan fingerprint density at radius 2 is 2.32 bits per heavy atom. The number of rotatable bonds is 5. The van der Waals surface area contributed by atoms with Crippen LogP contribution in [0.1, 0.15) is 18.4 Å². The van der Waals surface area contributed by atoms with Gasteiger partial charge in [0.1, 0.15) is 6.23 Å². The second-order valence-electron chi connectivity index (χ2n) is 5.04. The fourth-order valence-electron chi connectivity index (χ4n) is 2.83. The number of para-hydroxylation sites is 1. The van der Waals surface area contributed by atoms with Gasteiger partial charge < -0.3 is 9.72 Å². The first kappa shape index (κ1) is 12.7. The number of nitrogens with one attached hydrogen (secondary N) is 2. The Kier molecular flexibility index (Phi) is 3.82. The van der Waals surface area contributed by atoms with Crippen molar-refractivity contribution in [2.24, 2.45) is 0 Å². The lowest BCUT2D eigenvalue weighted by atomic mass is 10.1. The van der Waals surface area contributed by atoms with Gasteiger partial charge in [0.15, 0.2) is 0 Å². The molecule has 2 heterocycles. The highest BCUT2D eigenvalue weighted by molar-refractivity contribution is 5.83. The lowest BCUT2D eigenvalue weighted by Crippen LogP contribution is -2.43. The monoisotopic (exact) mass is 259 g/mol. The molecule has 102 valence electrons. The average molecular weight is 259 g/mol. The summed E-state index contributed by atoms with van der Waals surface area (Å²) in [5, 5.41) is 3.54. The number of methoxy groups -OCH3 is 1. The third-order valence-corrected chi connectivity index (χ3v) is 3.85. The van der Waals surface area contributed by atoms with E-state index in [9.17, 15) is 0 Å². The summed E-state index contributed by atoms with van der Waals surface area (Å²) in [6.07, 6.45) is 5.71. The Hall–Kier alpha value is -1.36. The second kappa shape index (κ2) is 5.74. The predicted molar refractivity (Wildman–Crippen MR) is 76.7 cm³/mol. The van der Waals surface area contributed by atoms with E-state index < -0.39 is 0 Å². The van der Waals surface area contributed by atoms with Gasteiger partial charge in [-0.3, -0.25) is 5.43 Å². The molecule has 4 heteroatoms. The number of hydrogen-bond acceptors (Lipinski definition) is 3. The molecule has 1 aromatic carbocycles. The van der Waals surface area contributed by atoms with Crippen LogP contribution in [-0.2, 0) is 11.2 Å². The lowest BCUT2D eigenvalue weighted by molar-refractivity contribution is -0.0321. The van der Waals surface area contributed by atoms with E-state index in [0.29, 0.717) is 0 Å². The Bertz CT molecular complexity index is 537. The fourth-order valence-corrected chi connectivity index (χ4v) is 2.83. The van der Waals surface area contributed by atoms with Gasteiger partial charge >= 0.3 is 0 Å². The molecule has 1 atom stereocenters. The molecule has 1 aliphatic heterocycles. The topological polar surface area (TPSA) is 40.3 Å². The van der Waals surface area contributed by atoms with Gasteiger partial charge in [-0.1, -0.05) is 18.2 Å². The normalized spacial score (nSPS) is 20.4. The maximum atomic E-state index is 5.44. The van der Waals surface area contributed by atoms with Crippen molar-refractivity contribution in [3.05, 3.63) is 36.0 Å². The standard InChI is InChI=1S/C15H21N3O/c1-19-15-7-4-10-18(15)17-9-8-12-11-16-14-6-3-2-5-13(12)14/h2-3,5-6,11,15-17H,4,7-10H2,1H3. The molecule has 0 saturated carbocycles. The van der Waals surface area contributed by atoms with Gasteiger partial charge in [-0.25, -0.2) is 5.01 Å². The van der Waals surface area contributed by atoms with Crippen molar-refractivity contribution in [1.82, 2.24) is 15.4 Å². The molecule has 2 N–H and O–H groups in total. The van der Waals surface area contributed by atoms with Gasteiger partial charge in [0.25, 0.3) is 0 Å². The van der Waals surface area contributed by atoms with Crippen LogP contribution in [0.25, 0.3) is 10.9 Å². The molecule has 1 saturated heterocycles. The van der Waals surface area contributed by atoms with Crippen LogP contribution < -0.4 is 5.43 Å². The quantitative estimate of drug-likeness (QED) is 0.865. The summed E-state index contributed by atoms with van der Waals surface area (Å²) >= 11 is 0. The molecule has 4 nitrogen and oxygen atoms in total. The minimum absolute atomic E-state index is 0.239. The van der Waals surface area contributed by atoms with Crippen molar-refractivity contribution in [1.29, 1.82) is 0 Å². The first-order valence-electron chi connectivity index (χ1n) is 6.96. The summed E-state index contributed by atoms with van der Waals surface area (Å²) in [6, 6.07) is 8.45. The highest BCUT2D eigenvalue weighted by Crippen LogP contribution is 2.18.